The highest BCUT2D eigenvalue weighted by Crippen LogP contribution is 2.40. The van der Waals surface area contributed by atoms with Crippen LogP contribution >= 0.6 is 0 Å². The zero-order chi connectivity index (χ0) is 22.4. The van der Waals surface area contributed by atoms with Gasteiger partial charge in [0, 0.05) is 30.2 Å². The number of aliphatic hydroxyl groups excluding tert-OH is 1. The maximum absolute atomic E-state index is 10.5. The van der Waals surface area contributed by atoms with Crippen molar-refractivity contribution in [2.24, 2.45) is 5.92 Å². The Kier molecular flexibility index (Phi) is 5.21. The molecular formula is C25H29N5O2. The average molecular weight is 432 g/mol. The highest BCUT2D eigenvalue weighted by Gasteiger charge is 2.30. The first kappa shape index (κ1) is 20.7. The molecule has 1 fully saturated rings. The molecule has 5 rings (SSSR count). The molecule has 0 radical (unpaired) electrons. The molecule has 2 unspecified atom stereocenters. The number of hydrogen-bond acceptors (Lipinski definition) is 5. The topological polar surface area (TPSA) is 78.0 Å². The van der Waals surface area contributed by atoms with Crippen LogP contribution in [-0.2, 0) is 0 Å². The summed E-state index contributed by atoms with van der Waals surface area (Å²) < 4.78 is 9.65. The first-order valence-corrected chi connectivity index (χ1v) is 11.2. The van der Waals surface area contributed by atoms with Crippen LogP contribution < -0.4 is 4.74 Å². The van der Waals surface area contributed by atoms with Gasteiger partial charge in [0.1, 0.15) is 11.3 Å². The van der Waals surface area contributed by atoms with E-state index in [9.17, 15) is 5.11 Å². The van der Waals surface area contributed by atoms with Crippen LogP contribution in [0, 0.1) is 19.8 Å². The second-order valence-corrected chi connectivity index (χ2v) is 8.87. The molecule has 4 aromatic rings. The number of aliphatic hydroxyl groups is 1. The molecule has 7 nitrogen and oxygen atoms in total. The van der Waals surface area contributed by atoms with E-state index in [1.807, 2.05) is 44.3 Å². The van der Waals surface area contributed by atoms with Crippen molar-refractivity contribution in [1.82, 2.24) is 24.3 Å². The van der Waals surface area contributed by atoms with Crippen molar-refractivity contribution in [2.75, 3.05) is 7.11 Å². The molecule has 32 heavy (non-hydrogen) atoms. The average Bonchev–Trinajstić information content (AvgIpc) is 3.33. The lowest BCUT2D eigenvalue weighted by atomic mass is 10.1. The van der Waals surface area contributed by atoms with E-state index in [-0.39, 0.29) is 6.04 Å². The summed E-state index contributed by atoms with van der Waals surface area (Å²) in [6.07, 6.45) is 8.79. The van der Waals surface area contributed by atoms with Gasteiger partial charge in [-0.1, -0.05) is 12.8 Å². The van der Waals surface area contributed by atoms with Crippen LogP contribution in [0.3, 0.4) is 0 Å². The molecule has 2 atom stereocenters. The summed E-state index contributed by atoms with van der Waals surface area (Å²) in [4.78, 5) is 10.0. The predicted octanol–water partition coefficient (Wildman–Crippen LogP) is 4.63. The Morgan fingerprint density at radius 3 is 2.69 bits per heavy atom. The smallest absolute Gasteiger partial charge is 0.159 e. The van der Waals surface area contributed by atoms with Crippen molar-refractivity contribution >= 4 is 11.2 Å². The molecule has 0 spiro atoms. The second-order valence-electron chi connectivity index (χ2n) is 8.87. The SMILES string of the molecule is COc1cc(-n2cccn2)ccc1-c1nc2c(C)cn(C(CC3CC3)C(C)O)c2nc1C. The van der Waals surface area contributed by atoms with Gasteiger partial charge in [0.25, 0.3) is 0 Å². The molecule has 1 N–H and O–H groups in total. The van der Waals surface area contributed by atoms with Gasteiger partial charge in [-0.15, -0.1) is 0 Å². The maximum Gasteiger partial charge on any atom is 0.159 e. The van der Waals surface area contributed by atoms with Gasteiger partial charge in [-0.3, -0.25) is 0 Å². The van der Waals surface area contributed by atoms with Crippen LogP contribution in [0.1, 0.15) is 43.5 Å². The van der Waals surface area contributed by atoms with Gasteiger partial charge in [-0.05, 0) is 56.9 Å². The first-order chi connectivity index (χ1) is 15.5. The third kappa shape index (κ3) is 3.66. The monoisotopic (exact) mass is 431 g/mol. The van der Waals surface area contributed by atoms with Crippen LogP contribution in [0.2, 0.25) is 0 Å². The Morgan fingerprint density at radius 2 is 2.03 bits per heavy atom. The van der Waals surface area contributed by atoms with Crippen molar-refractivity contribution in [3.05, 3.63) is 54.1 Å². The molecule has 1 aromatic carbocycles. The van der Waals surface area contributed by atoms with E-state index in [2.05, 4.69) is 22.8 Å². The van der Waals surface area contributed by atoms with Gasteiger partial charge in [-0.25, -0.2) is 14.6 Å². The third-order valence-electron chi connectivity index (χ3n) is 6.40. The van der Waals surface area contributed by atoms with Gasteiger partial charge in [-0.2, -0.15) is 5.10 Å². The van der Waals surface area contributed by atoms with Crippen molar-refractivity contribution in [1.29, 1.82) is 0 Å². The summed E-state index contributed by atoms with van der Waals surface area (Å²) in [5, 5.41) is 14.8. The van der Waals surface area contributed by atoms with Crippen LogP contribution in [0.5, 0.6) is 5.75 Å². The number of hydrogen-bond donors (Lipinski definition) is 1. The fourth-order valence-electron chi connectivity index (χ4n) is 4.47. The standard InChI is InChI=1S/C25H29N5O2/c1-15-14-29(21(17(3)31)12-18-6-7-18)25-23(15)28-24(16(2)27-25)20-9-8-19(13-22(20)32-4)30-11-5-10-26-30/h5,8-11,13-14,17-18,21,31H,6-7,12H2,1-4H3. The Labute approximate surface area is 187 Å². The molecule has 0 amide bonds. The summed E-state index contributed by atoms with van der Waals surface area (Å²) in [7, 11) is 1.67. The summed E-state index contributed by atoms with van der Waals surface area (Å²) in [6.45, 7) is 5.91. The Bertz CT molecular complexity index is 1260. The Balaban J connectivity index is 1.60. The number of rotatable bonds is 7. The van der Waals surface area contributed by atoms with Gasteiger partial charge in [0.05, 0.1) is 36.3 Å². The van der Waals surface area contributed by atoms with Crippen molar-refractivity contribution < 1.29 is 9.84 Å². The van der Waals surface area contributed by atoms with Crippen LogP contribution in [0.4, 0.5) is 0 Å². The number of benzene rings is 1. The van der Waals surface area contributed by atoms with Crippen LogP contribution in [-0.4, -0.2) is 42.6 Å². The van der Waals surface area contributed by atoms with E-state index in [0.717, 1.165) is 51.5 Å². The summed E-state index contributed by atoms with van der Waals surface area (Å²) in [5.41, 5.74) is 6.21. The molecule has 3 aromatic heterocycles. The molecule has 166 valence electrons. The number of aryl methyl sites for hydroxylation is 2. The van der Waals surface area contributed by atoms with Gasteiger partial charge in [0.2, 0.25) is 0 Å². The molecule has 7 heteroatoms. The number of fused-ring (bicyclic) bond motifs is 1. The Morgan fingerprint density at radius 1 is 1.22 bits per heavy atom. The summed E-state index contributed by atoms with van der Waals surface area (Å²) in [6, 6.07) is 7.89. The van der Waals surface area contributed by atoms with Crippen molar-refractivity contribution in [2.45, 2.75) is 52.2 Å². The number of nitrogens with zero attached hydrogens (tertiary/aromatic N) is 5. The molecular weight excluding hydrogens is 402 g/mol. The highest BCUT2D eigenvalue weighted by atomic mass is 16.5. The van der Waals surface area contributed by atoms with Gasteiger partial charge in [0.15, 0.2) is 5.65 Å². The third-order valence-corrected chi connectivity index (χ3v) is 6.40. The number of methoxy groups -OCH3 is 1. The minimum atomic E-state index is -0.442. The van der Waals surface area contributed by atoms with E-state index in [0.29, 0.717) is 5.92 Å². The number of ether oxygens (including phenoxy) is 1. The summed E-state index contributed by atoms with van der Waals surface area (Å²) in [5.74, 6) is 1.43. The van der Waals surface area contributed by atoms with Crippen LogP contribution in [0.15, 0.2) is 42.9 Å². The van der Waals surface area contributed by atoms with Crippen molar-refractivity contribution in [3.63, 3.8) is 0 Å². The molecule has 1 aliphatic carbocycles. The van der Waals surface area contributed by atoms with E-state index < -0.39 is 6.10 Å². The van der Waals surface area contributed by atoms with E-state index in [1.54, 1.807) is 18.0 Å². The quantitative estimate of drug-likeness (QED) is 0.462. The molecule has 1 saturated carbocycles. The van der Waals surface area contributed by atoms with Crippen LogP contribution in [0.25, 0.3) is 28.1 Å². The first-order valence-electron chi connectivity index (χ1n) is 11.2. The van der Waals surface area contributed by atoms with E-state index in [1.165, 1.54) is 12.8 Å². The Hall–Kier alpha value is -3.19. The second kappa shape index (κ2) is 8.06. The zero-order valence-corrected chi connectivity index (χ0v) is 19.0. The van der Waals surface area contributed by atoms with E-state index >= 15 is 0 Å². The predicted molar refractivity (Wildman–Crippen MR) is 124 cm³/mol. The molecule has 3 heterocycles. The molecule has 0 aliphatic heterocycles. The lowest BCUT2D eigenvalue weighted by molar-refractivity contribution is 0.123. The normalized spacial score (nSPS) is 15.8. The largest absolute Gasteiger partial charge is 0.496 e. The molecule has 0 saturated heterocycles. The van der Waals surface area contributed by atoms with Gasteiger partial charge >= 0.3 is 0 Å². The van der Waals surface area contributed by atoms with Gasteiger partial charge < -0.3 is 14.4 Å². The fraction of sp³-hybridized carbons (Fsp3) is 0.400. The molecule has 0 bridgehead atoms. The van der Waals surface area contributed by atoms with E-state index in [4.69, 9.17) is 14.7 Å². The van der Waals surface area contributed by atoms with Crippen molar-refractivity contribution in [3.8, 4) is 22.7 Å². The fourth-order valence-corrected chi connectivity index (χ4v) is 4.47. The molecule has 1 aliphatic rings. The maximum atomic E-state index is 10.5. The minimum absolute atomic E-state index is 0.0149. The minimum Gasteiger partial charge on any atom is -0.496 e. The summed E-state index contributed by atoms with van der Waals surface area (Å²) >= 11 is 0. The zero-order valence-electron chi connectivity index (χ0n) is 19.0. The lowest BCUT2D eigenvalue weighted by Gasteiger charge is -2.22. The number of aromatic nitrogens is 5. The highest BCUT2D eigenvalue weighted by molar-refractivity contribution is 5.81. The lowest BCUT2D eigenvalue weighted by Crippen LogP contribution is -2.22.